The lowest BCUT2D eigenvalue weighted by molar-refractivity contribution is 0.107. The van der Waals surface area contributed by atoms with E-state index in [1.165, 1.54) is 0 Å². The molecule has 0 aromatic heterocycles. The zero-order valence-electron chi connectivity index (χ0n) is 11.6. The van der Waals surface area contributed by atoms with Crippen LogP contribution in [0.4, 0.5) is 0 Å². The highest BCUT2D eigenvalue weighted by molar-refractivity contribution is 7.90. The molecule has 4 nitrogen and oxygen atoms in total. The summed E-state index contributed by atoms with van der Waals surface area (Å²) < 4.78 is 26.7. The van der Waals surface area contributed by atoms with Crippen molar-refractivity contribution in [2.45, 2.75) is 70.1 Å². The molecule has 1 rings (SSSR count). The summed E-state index contributed by atoms with van der Waals surface area (Å²) in [5.74, 6) is 0.180. The Morgan fingerprint density at radius 1 is 1.17 bits per heavy atom. The average Bonchev–Trinajstić information content (AvgIpc) is 2.39. The molecule has 0 heterocycles. The van der Waals surface area contributed by atoms with Crippen molar-refractivity contribution in [1.29, 1.82) is 0 Å². The Bertz CT molecular complexity index is 319. The molecule has 1 unspecified atom stereocenters. The van der Waals surface area contributed by atoms with Crippen LogP contribution >= 0.6 is 0 Å². The molecule has 0 amide bonds. The predicted octanol–water partition coefficient (Wildman–Crippen LogP) is 2.04. The van der Waals surface area contributed by atoms with E-state index in [1.54, 1.807) is 0 Å². The van der Waals surface area contributed by atoms with Gasteiger partial charge in [0.05, 0.1) is 11.4 Å². The molecule has 0 aromatic carbocycles. The van der Waals surface area contributed by atoms with Crippen molar-refractivity contribution in [2.24, 2.45) is 5.92 Å². The van der Waals surface area contributed by atoms with Gasteiger partial charge in [-0.15, -0.1) is 0 Å². The van der Waals surface area contributed by atoms with Crippen LogP contribution in [0.1, 0.15) is 58.8 Å². The fourth-order valence-corrected chi connectivity index (χ4v) is 4.29. The van der Waals surface area contributed by atoms with Gasteiger partial charge in [-0.25, -0.2) is 13.1 Å². The molecule has 0 saturated heterocycles. The first-order chi connectivity index (χ1) is 8.51. The zero-order chi connectivity index (χ0) is 13.6. The van der Waals surface area contributed by atoms with Crippen molar-refractivity contribution in [3.8, 4) is 0 Å². The molecule has 0 aliphatic heterocycles. The number of aliphatic hydroxyl groups excluding tert-OH is 1. The Morgan fingerprint density at radius 2 is 1.72 bits per heavy atom. The Hall–Kier alpha value is -0.130. The second-order valence-electron chi connectivity index (χ2n) is 5.30. The van der Waals surface area contributed by atoms with Crippen LogP contribution in [0.5, 0.6) is 0 Å². The van der Waals surface area contributed by atoms with Crippen molar-refractivity contribution in [3.05, 3.63) is 0 Å². The van der Waals surface area contributed by atoms with Gasteiger partial charge >= 0.3 is 0 Å². The molecule has 0 aromatic rings. The number of hydrogen-bond acceptors (Lipinski definition) is 3. The lowest BCUT2D eigenvalue weighted by atomic mass is 9.97. The summed E-state index contributed by atoms with van der Waals surface area (Å²) in [6, 6.07) is 0. The van der Waals surface area contributed by atoms with E-state index in [0.717, 1.165) is 44.9 Å². The van der Waals surface area contributed by atoms with Gasteiger partial charge in [-0.2, -0.15) is 0 Å². The van der Waals surface area contributed by atoms with Gasteiger partial charge in [0.15, 0.2) is 0 Å². The molecule has 1 fully saturated rings. The highest BCUT2D eigenvalue weighted by Crippen LogP contribution is 2.23. The third kappa shape index (κ3) is 4.52. The number of nitrogens with one attached hydrogen (secondary N) is 1. The topological polar surface area (TPSA) is 66.4 Å². The molecule has 1 aliphatic carbocycles. The first-order valence-electron chi connectivity index (χ1n) is 7.17. The van der Waals surface area contributed by atoms with Gasteiger partial charge in [0.2, 0.25) is 10.0 Å². The third-order valence-corrected chi connectivity index (χ3v) is 6.00. The van der Waals surface area contributed by atoms with E-state index < -0.39 is 16.1 Å². The number of rotatable bonds is 7. The summed E-state index contributed by atoms with van der Waals surface area (Å²) >= 11 is 0. The third-order valence-electron chi connectivity index (χ3n) is 4.08. The smallest absolute Gasteiger partial charge is 0.214 e. The number of sulfonamides is 1. The van der Waals surface area contributed by atoms with Crippen LogP contribution in [0.3, 0.4) is 0 Å². The van der Waals surface area contributed by atoms with Crippen molar-refractivity contribution in [2.75, 3.05) is 6.54 Å². The molecule has 1 aliphatic rings. The van der Waals surface area contributed by atoms with E-state index in [4.69, 9.17) is 0 Å². The molecule has 0 spiro atoms. The van der Waals surface area contributed by atoms with Crippen LogP contribution < -0.4 is 4.72 Å². The van der Waals surface area contributed by atoms with E-state index in [1.807, 2.05) is 13.8 Å². The standard InChI is InChI=1S/C13H27NO3S/c1-3-11(4-2)13(15)10-14-18(16,17)12-8-6-5-7-9-12/h11-15H,3-10H2,1-2H3. The van der Waals surface area contributed by atoms with Crippen molar-refractivity contribution < 1.29 is 13.5 Å². The van der Waals surface area contributed by atoms with E-state index in [9.17, 15) is 13.5 Å². The lowest BCUT2D eigenvalue weighted by Crippen LogP contribution is -2.41. The van der Waals surface area contributed by atoms with E-state index in [2.05, 4.69) is 4.72 Å². The molecule has 5 heteroatoms. The summed E-state index contributed by atoms with van der Waals surface area (Å²) in [6.45, 7) is 4.20. The normalized spacial score (nSPS) is 20.2. The highest BCUT2D eigenvalue weighted by atomic mass is 32.2. The quantitative estimate of drug-likeness (QED) is 0.748. The van der Waals surface area contributed by atoms with Crippen molar-refractivity contribution >= 4 is 10.0 Å². The molecule has 0 radical (unpaired) electrons. The minimum Gasteiger partial charge on any atom is -0.391 e. The Morgan fingerprint density at radius 3 is 2.22 bits per heavy atom. The Balaban J connectivity index is 2.45. The fourth-order valence-electron chi connectivity index (χ4n) is 2.69. The molecule has 1 saturated carbocycles. The van der Waals surface area contributed by atoms with Gasteiger partial charge < -0.3 is 5.11 Å². The van der Waals surface area contributed by atoms with Gasteiger partial charge in [0.25, 0.3) is 0 Å². The van der Waals surface area contributed by atoms with Crippen molar-refractivity contribution in [1.82, 2.24) is 4.72 Å². The maximum absolute atomic E-state index is 12.1. The van der Waals surface area contributed by atoms with Gasteiger partial charge in [-0.1, -0.05) is 46.0 Å². The fraction of sp³-hybridized carbons (Fsp3) is 1.00. The SMILES string of the molecule is CCC(CC)C(O)CNS(=O)(=O)C1CCCCC1. The monoisotopic (exact) mass is 277 g/mol. The largest absolute Gasteiger partial charge is 0.391 e. The number of aliphatic hydroxyl groups is 1. The van der Waals surface area contributed by atoms with E-state index in [-0.39, 0.29) is 17.7 Å². The summed E-state index contributed by atoms with van der Waals surface area (Å²) in [7, 11) is -3.24. The summed E-state index contributed by atoms with van der Waals surface area (Å²) in [5.41, 5.74) is 0. The van der Waals surface area contributed by atoms with Crippen LogP contribution in [0.25, 0.3) is 0 Å². The minimum absolute atomic E-state index is 0.158. The summed E-state index contributed by atoms with van der Waals surface area (Å²) in [6.07, 6.45) is 5.85. The Labute approximate surface area is 111 Å². The average molecular weight is 277 g/mol. The zero-order valence-corrected chi connectivity index (χ0v) is 12.4. The second kappa shape index (κ2) is 7.46. The predicted molar refractivity (Wildman–Crippen MR) is 73.9 cm³/mol. The molecule has 2 N–H and O–H groups in total. The number of hydrogen-bond donors (Lipinski definition) is 2. The van der Waals surface area contributed by atoms with Crippen LogP contribution in [0.2, 0.25) is 0 Å². The molecule has 0 bridgehead atoms. The second-order valence-corrected chi connectivity index (χ2v) is 7.34. The minimum atomic E-state index is -3.24. The van der Waals surface area contributed by atoms with Crippen LogP contribution in [-0.2, 0) is 10.0 Å². The maximum Gasteiger partial charge on any atom is 0.214 e. The van der Waals surface area contributed by atoms with Crippen LogP contribution in [-0.4, -0.2) is 31.4 Å². The van der Waals surface area contributed by atoms with E-state index >= 15 is 0 Å². The first kappa shape index (κ1) is 15.9. The van der Waals surface area contributed by atoms with Crippen molar-refractivity contribution in [3.63, 3.8) is 0 Å². The highest BCUT2D eigenvalue weighted by Gasteiger charge is 2.28. The van der Waals surface area contributed by atoms with Gasteiger partial charge in [-0.3, -0.25) is 0 Å². The Kier molecular flexibility index (Phi) is 6.60. The van der Waals surface area contributed by atoms with Gasteiger partial charge in [-0.05, 0) is 18.8 Å². The molecule has 1 atom stereocenters. The van der Waals surface area contributed by atoms with Gasteiger partial charge in [0, 0.05) is 6.54 Å². The van der Waals surface area contributed by atoms with E-state index in [0.29, 0.717) is 0 Å². The summed E-state index contributed by atoms with van der Waals surface area (Å²) in [5, 5.41) is 9.69. The maximum atomic E-state index is 12.1. The summed E-state index contributed by atoms with van der Waals surface area (Å²) in [4.78, 5) is 0. The molecular formula is C13H27NO3S. The van der Waals surface area contributed by atoms with Crippen LogP contribution in [0, 0.1) is 5.92 Å². The molecule has 18 heavy (non-hydrogen) atoms. The first-order valence-corrected chi connectivity index (χ1v) is 8.72. The molecule has 108 valence electrons. The van der Waals surface area contributed by atoms with Crippen LogP contribution in [0.15, 0.2) is 0 Å². The van der Waals surface area contributed by atoms with Gasteiger partial charge in [0.1, 0.15) is 0 Å². The lowest BCUT2D eigenvalue weighted by Gasteiger charge is -2.24. The molecular weight excluding hydrogens is 250 g/mol.